The quantitative estimate of drug-likeness (QED) is 0.756. The molecule has 1 aromatic carbocycles. The summed E-state index contributed by atoms with van der Waals surface area (Å²) in [7, 11) is 0. The molecule has 7 heteroatoms. The van der Waals surface area contributed by atoms with Gasteiger partial charge in [-0.15, -0.1) is 0 Å². The fraction of sp³-hybridized carbons (Fsp3) is 0.400. The van der Waals surface area contributed by atoms with Crippen LogP contribution in [-0.2, 0) is 24.2 Å². The van der Waals surface area contributed by atoms with Gasteiger partial charge >= 0.3 is 5.69 Å². The maximum atomic E-state index is 11.8. The SMILES string of the molecule is CC1Cc2cc(CNC(=O)CCc3n[nH]c(=O)[nH]3)ccc2O1. The number of benzene rings is 1. The molecule has 1 aliphatic rings. The van der Waals surface area contributed by atoms with Gasteiger partial charge in [0.25, 0.3) is 0 Å². The average molecular weight is 302 g/mol. The molecule has 116 valence electrons. The first-order chi connectivity index (χ1) is 10.6. The van der Waals surface area contributed by atoms with Crippen molar-refractivity contribution in [2.75, 3.05) is 0 Å². The molecule has 22 heavy (non-hydrogen) atoms. The zero-order chi connectivity index (χ0) is 15.5. The van der Waals surface area contributed by atoms with Crippen LogP contribution in [0.4, 0.5) is 0 Å². The summed E-state index contributed by atoms with van der Waals surface area (Å²) < 4.78 is 5.65. The second-order valence-electron chi connectivity index (χ2n) is 5.48. The Hall–Kier alpha value is -2.57. The Morgan fingerprint density at radius 3 is 3.14 bits per heavy atom. The Morgan fingerprint density at radius 1 is 1.50 bits per heavy atom. The monoisotopic (exact) mass is 302 g/mol. The molecule has 1 unspecified atom stereocenters. The Balaban J connectivity index is 1.49. The van der Waals surface area contributed by atoms with E-state index in [0.717, 1.165) is 17.7 Å². The normalized spacial score (nSPS) is 16.1. The number of aromatic nitrogens is 3. The molecule has 1 amide bonds. The standard InChI is InChI=1S/C15H18N4O3/c1-9-6-11-7-10(2-3-12(11)22-9)8-16-14(20)5-4-13-17-15(21)19-18-13/h2-3,7,9H,4-6,8H2,1H3,(H,16,20)(H2,17,18,19,21). The van der Waals surface area contributed by atoms with Crippen molar-refractivity contribution in [2.24, 2.45) is 0 Å². The first kappa shape index (κ1) is 14.4. The lowest BCUT2D eigenvalue weighted by atomic mass is 10.1. The van der Waals surface area contributed by atoms with Crippen LogP contribution in [0.25, 0.3) is 0 Å². The molecule has 0 saturated carbocycles. The number of fused-ring (bicyclic) bond motifs is 1. The molecule has 2 aromatic rings. The molecule has 1 aromatic heterocycles. The first-order valence-electron chi connectivity index (χ1n) is 7.29. The third kappa shape index (κ3) is 3.36. The van der Waals surface area contributed by atoms with Gasteiger partial charge in [-0.3, -0.25) is 9.78 Å². The molecule has 0 fully saturated rings. The average Bonchev–Trinajstić information content (AvgIpc) is 3.06. The minimum Gasteiger partial charge on any atom is -0.490 e. The lowest BCUT2D eigenvalue weighted by molar-refractivity contribution is -0.121. The minimum atomic E-state index is -0.356. The number of nitrogens with zero attached hydrogens (tertiary/aromatic N) is 1. The fourth-order valence-electron chi connectivity index (χ4n) is 2.53. The molecule has 1 atom stereocenters. The lowest BCUT2D eigenvalue weighted by Gasteiger charge is -2.06. The van der Waals surface area contributed by atoms with E-state index in [2.05, 4.69) is 26.6 Å². The van der Waals surface area contributed by atoms with Crippen molar-refractivity contribution in [1.29, 1.82) is 0 Å². The molecule has 1 aliphatic heterocycles. The Kier molecular flexibility index (Phi) is 3.95. The highest BCUT2D eigenvalue weighted by atomic mass is 16.5. The van der Waals surface area contributed by atoms with Gasteiger partial charge in [-0.2, -0.15) is 5.10 Å². The smallest absolute Gasteiger partial charge is 0.340 e. The van der Waals surface area contributed by atoms with Gasteiger partial charge in [-0.1, -0.05) is 12.1 Å². The Morgan fingerprint density at radius 2 is 2.36 bits per heavy atom. The first-order valence-corrected chi connectivity index (χ1v) is 7.29. The van der Waals surface area contributed by atoms with E-state index in [-0.39, 0.29) is 24.1 Å². The zero-order valence-electron chi connectivity index (χ0n) is 12.3. The summed E-state index contributed by atoms with van der Waals surface area (Å²) in [5.74, 6) is 1.35. The van der Waals surface area contributed by atoms with Crippen LogP contribution in [0.3, 0.4) is 0 Å². The Labute approximate surface area is 127 Å². The van der Waals surface area contributed by atoms with Gasteiger partial charge in [0.2, 0.25) is 5.91 Å². The van der Waals surface area contributed by atoms with Crippen molar-refractivity contribution in [1.82, 2.24) is 20.5 Å². The van der Waals surface area contributed by atoms with Crippen LogP contribution in [0.1, 0.15) is 30.3 Å². The van der Waals surface area contributed by atoms with E-state index in [0.29, 0.717) is 18.8 Å². The number of carbonyl (C=O) groups excluding carboxylic acids is 1. The van der Waals surface area contributed by atoms with Crippen LogP contribution in [0.5, 0.6) is 5.75 Å². The molecule has 0 aliphatic carbocycles. The predicted octanol–water partition coefficient (Wildman–Crippen LogP) is 0.670. The van der Waals surface area contributed by atoms with Gasteiger partial charge in [-0.25, -0.2) is 9.89 Å². The molecule has 7 nitrogen and oxygen atoms in total. The number of hydrogen-bond donors (Lipinski definition) is 3. The van der Waals surface area contributed by atoms with Crippen molar-refractivity contribution in [3.8, 4) is 5.75 Å². The largest absolute Gasteiger partial charge is 0.490 e. The topological polar surface area (TPSA) is 99.9 Å². The van der Waals surface area contributed by atoms with Crippen LogP contribution >= 0.6 is 0 Å². The second kappa shape index (κ2) is 6.05. The van der Waals surface area contributed by atoms with E-state index in [9.17, 15) is 9.59 Å². The summed E-state index contributed by atoms with van der Waals surface area (Å²) in [4.78, 5) is 25.2. The fourth-order valence-corrected chi connectivity index (χ4v) is 2.53. The third-order valence-corrected chi connectivity index (χ3v) is 3.59. The van der Waals surface area contributed by atoms with Crippen molar-refractivity contribution >= 4 is 5.91 Å². The molecule has 0 spiro atoms. The molecule has 0 saturated heterocycles. The van der Waals surface area contributed by atoms with Gasteiger partial charge in [0, 0.05) is 25.8 Å². The van der Waals surface area contributed by atoms with Crippen molar-refractivity contribution in [2.45, 2.75) is 38.8 Å². The molecule has 0 radical (unpaired) electrons. The van der Waals surface area contributed by atoms with E-state index in [1.807, 2.05) is 19.1 Å². The van der Waals surface area contributed by atoms with Crippen LogP contribution in [0.2, 0.25) is 0 Å². The summed E-state index contributed by atoms with van der Waals surface area (Å²) in [5.41, 5.74) is 1.89. The lowest BCUT2D eigenvalue weighted by Crippen LogP contribution is -2.23. The third-order valence-electron chi connectivity index (χ3n) is 3.59. The summed E-state index contributed by atoms with van der Waals surface area (Å²) >= 11 is 0. The van der Waals surface area contributed by atoms with Crippen molar-refractivity contribution < 1.29 is 9.53 Å². The number of ether oxygens (including phenoxy) is 1. The highest BCUT2D eigenvalue weighted by Crippen LogP contribution is 2.29. The highest BCUT2D eigenvalue weighted by Gasteiger charge is 2.18. The summed E-state index contributed by atoms with van der Waals surface area (Å²) in [6.07, 6.45) is 1.81. The number of hydrogen-bond acceptors (Lipinski definition) is 4. The summed E-state index contributed by atoms with van der Waals surface area (Å²) in [6, 6.07) is 5.99. The van der Waals surface area contributed by atoms with Crippen LogP contribution in [0.15, 0.2) is 23.0 Å². The van der Waals surface area contributed by atoms with E-state index < -0.39 is 0 Å². The van der Waals surface area contributed by atoms with Gasteiger partial charge in [0.05, 0.1) is 0 Å². The zero-order valence-corrected chi connectivity index (χ0v) is 12.3. The van der Waals surface area contributed by atoms with E-state index in [1.54, 1.807) is 0 Å². The summed E-state index contributed by atoms with van der Waals surface area (Å²) in [6.45, 7) is 2.53. The molecular weight excluding hydrogens is 284 g/mol. The molecule has 3 N–H and O–H groups in total. The molecule has 2 heterocycles. The maximum Gasteiger partial charge on any atom is 0.340 e. The number of aromatic amines is 2. The molecule has 0 bridgehead atoms. The number of amides is 1. The highest BCUT2D eigenvalue weighted by molar-refractivity contribution is 5.76. The number of H-pyrrole nitrogens is 2. The number of aryl methyl sites for hydroxylation is 1. The number of carbonyl (C=O) groups is 1. The van der Waals surface area contributed by atoms with Gasteiger partial charge < -0.3 is 10.1 Å². The second-order valence-corrected chi connectivity index (χ2v) is 5.48. The number of rotatable bonds is 5. The molecular formula is C15H18N4O3. The Bertz CT molecular complexity index is 734. The number of nitrogens with one attached hydrogen (secondary N) is 3. The van der Waals surface area contributed by atoms with Crippen LogP contribution in [-0.4, -0.2) is 27.2 Å². The minimum absolute atomic E-state index is 0.0750. The van der Waals surface area contributed by atoms with Crippen LogP contribution < -0.4 is 15.7 Å². The van der Waals surface area contributed by atoms with Gasteiger partial charge in [-0.05, 0) is 24.1 Å². The van der Waals surface area contributed by atoms with Crippen molar-refractivity contribution in [3.63, 3.8) is 0 Å². The van der Waals surface area contributed by atoms with E-state index >= 15 is 0 Å². The van der Waals surface area contributed by atoms with Crippen molar-refractivity contribution in [3.05, 3.63) is 45.6 Å². The van der Waals surface area contributed by atoms with Crippen LogP contribution in [0, 0.1) is 0 Å². The van der Waals surface area contributed by atoms with Gasteiger partial charge in [0.1, 0.15) is 17.7 Å². The maximum absolute atomic E-state index is 11.8. The van der Waals surface area contributed by atoms with E-state index in [4.69, 9.17) is 4.74 Å². The predicted molar refractivity (Wildman–Crippen MR) is 79.6 cm³/mol. The summed E-state index contributed by atoms with van der Waals surface area (Å²) in [5, 5.41) is 8.91. The molecule has 3 rings (SSSR count). The van der Waals surface area contributed by atoms with E-state index in [1.165, 1.54) is 5.56 Å². The van der Waals surface area contributed by atoms with Gasteiger partial charge in [0.15, 0.2) is 0 Å².